The Morgan fingerprint density at radius 2 is 1.84 bits per heavy atom. The van der Waals surface area contributed by atoms with Gasteiger partial charge in [-0.2, -0.15) is 0 Å². The molecule has 7 heteroatoms. The molecule has 3 N–H and O–H groups in total. The van der Waals surface area contributed by atoms with Gasteiger partial charge in [-0.25, -0.2) is 9.37 Å². The zero-order chi connectivity index (χ0) is 17.8. The topological polar surface area (TPSA) is 74.2 Å². The van der Waals surface area contributed by atoms with Gasteiger partial charge < -0.3 is 15.7 Å². The lowest BCUT2D eigenvalue weighted by Gasteiger charge is -2.13. The van der Waals surface area contributed by atoms with Crippen molar-refractivity contribution in [2.24, 2.45) is 0 Å². The number of benzene rings is 2. The summed E-state index contributed by atoms with van der Waals surface area (Å²) in [5.41, 5.74) is 0.791. The lowest BCUT2D eigenvalue weighted by atomic mass is 10.2. The first-order chi connectivity index (χ1) is 12.0. The second kappa shape index (κ2) is 7.19. The third kappa shape index (κ3) is 3.87. The maximum atomic E-state index is 13.9. The number of carbonyl (C=O) groups is 1. The minimum absolute atomic E-state index is 0.0226. The third-order valence-electron chi connectivity index (χ3n) is 3.38. The van der Waals surface area contributed by atoms with E-state index in [9.17, 15) is 14.3 Å². The third-order valence-corrected chi connectivity index (χ3v) is 3.69. The molecule has 1 heterocycles. The highest BCUT2D eigenvalue weighted by Crippen LogP contribution is 2.26. The number of hydrogen-bond donors (Lipinski definition) is 3. The summed E-state index contributed by atoms with van der Waals surface area (Å²) in [6.45, 7) is 0. The fourth-order valence-electron chi connectivity index (χ4n) is 2.19. The van der Waals surface area contributed by atoms with Crippen LogP contribution < -0.4 is 10.6 Å². The highest BCUT2D eigenvalue weighted by atomic mass is 35.5. The monoisotopic (exact) mass is 357 g/mol. The van der Waals surface area contributed by atoms with Gasteiger partial charge in [-0.3, -0.25) is 4.79 Å². The second-order valence-corrected chi connectivity index (χ2v) is 5.53. The number of aromatic hydroxyl groups is 1. The number of carbonyl (C=O) groups excluding carboxylic acids is 1. The number of nitrogens with zero attached hydrogens (tertiary/aromatic N) is 1. The highest BCUT2D eigenvalue weighted by Gasteiger charge is 2.17. The summed E-state index contributed by atoms with van der Waals surface area (Å²) < 4.78 is 13.9. The standard InChI is InChI=1S/C18H13ClFN3O2/c19-13-3-1-4-14(20)16(13)18(25)23-15-5-2-10-21-17(15)22-11-6-8-12(24)9-7-11/h1-10,24H,(H,21,22)(H,23,25). The van der Waals surface area contributed by atoms with Gasteiger partial charge in [0, 0.05) is 11.9 Å². The number of hydrogen-bond acceptors (Lipinski definition) is 4. The molecule has 0 radical (unpaired) electrons. The molecule has 0 bridgehead atoms. The van der Waals surface area contributed by atoms with Crippen molar-refractivity contribution < 1.29 is 14.3 Å². The molecule has 1 aromatic heterocycles. The number of nitrogens with one attached hydrogen (secondary N) is 2. The summed E-state index contributed by atoms with van der Waals surface area (Å²) >= 11 is 5.92. The lowest BCUT2D eigenvalue weighted by molar-refractivity contribution is 0.102. The Morgan fingerprint density at radius 3 is 2.56 bits per heavy atom. The predicted molar refractivity (Wildman–Crippen MR) is 95.0 cm³/mol. The Balaban J connectivity index is 1.86. The van der Waals surface area contributed by atoms with Crippen LogP contribution in [0.25, 0.3) is 0 Å². The fraction of sp³-hybridized carbons (Fsp3) is 0. The van der Waals surface area contributed by atoms with Crippen LogP contribution in [0.5, 0.6) is 5.75 Å². The Bertz CT molecular complexity index is 896. The lowest BCUT2D eigenvalue weighted by Crippen LogP contribution is -2.15. The molecular weight excluding hydrogens is 345 g/mol. The summed E-state index contributed by atoms with van der Waals surface area (Å²) in [6, 6.07) is 13.6. The van der Waals surface area contributed by atoms with Crippen LogP contribution in [0.1, 0.15) is 10.4 Å². The number of amides is 1. The minimum Gasteiger partial charge on any atom is -0.508 e. The molecule has 0 aliphatic heterocycles. The van der Waals surface area contributed by atoms with E-state index in [1.807, 2.05) is 0 Å². The molecule has 3 rings (SSSR count). The molecule has 126 valence electrons. The van der Waals surface area contributed by atoms with E-state index in [0.29, 0.717) is 17.2 Å². The van der Waals surface area contributed by atoms with Crippen molar-refractivity contribution in [2.75, 3.05) is 10.6 Å². The Labute approximate surface area is 148 Å². The molecule has 0 atom stereocenters. The van der Waals surface area contributed by atoms with Gasteiger partial charge in [-0.15, -0.1) is 0 Å². The maximum Gasteiger partial charge on any atom is 0.260 e. The van der Waals surface area contributed by atoms with Gasteiger partial charge in [0.05, 0.1) is 16.3 Å². The van der Waals surface area contributed by atoms with E-state index < -0.39 is 11.7 Å². The van der Waals surface area contributed by atoms with Gasteiger partial charge in [-0.05, 0) is 48.5 Å². The van der Waals surface area contributed by atoms with Crippen LogP contribution in [0, 0.1) is 5.82 Å². The first kappa shape index (κ1) is 16.7. The van der Waals surface area contributed by atoms with Crippen LogP contribution in [0.4, 0.5) is 21.6 Å². The Kier molecular flexibility index (Phi) is 4.81. The smallest absolute Gasteiger partial charge is 0.260 e. The molecular formula is C18H13ClFN3O2. The summed E-state index contributed by atoms with van der Waals surface area (Å²) in [5.74, 6) is -0.880. The van der Waals surface area contributed by atoms with E-state index in [1.165, 1.54) is 30.3 Å². The van der Waals surface area contributed by atoms with Crippen molar-refractivity contribution in [1.29, 1.82) is 0 Å². The summed E-state index contributed by atoms with van der Waals surface area (Å²) in [5, 5.41) is 15.0. The maximum absolute atomic E-state index is 13.9. The largest absolute Gasteiger partial charge is 0.508 e. The first-order valence-electron chi connectivity index (χ1n) is 7.31. The van der Waals surface area contributed by atoms with Gasteiger partial charge >= 0.3 is 0 Å². The zero-order valence-electron chi connectivity index (χ0n) is 12.8. The summed E-state index contributed by atoms with van der Waals surface area (Å²) in [6.07, 6.45) is 1.55. The molecule has 3 aromatic rings. The van der Waals surface area contributed by atoms with Gasteiger partial charge in [0.25, 0.3) is 5.91 Å². The molecule has 1 amide bonds. The van der Waals surface area contributed by atoms with Gasteiger partial charge in [-0.1, -0.05) is 17.7 Å². The van der Waals surface area contributed by atoms with Crippen molar-refractivity contribution >= 4 is 34.7 Å². The van der Waals surface area contributed by atoms with Crippen LogP contribution >= 0.6 is 11.6 Å². The number of halogens is 2. The predicted octanol–water partition coefficient (Wildman–Crippen LogP) is 4.58. The number of phenolic OH excluding ortho intramolecular Hbond substituents is 1. The zero-order valence-corrected chi connectivity index (χ0v) is 13.6. The molecule has 5 nitrogen and oxygen atoms in total. The first-order valence-corrected chi connectivity index (χ1v) is 7.69. The number of rotatable bonds is 4. The van der Waals surface area contributed by atoms with E-state index in [0.717, 1.165) is 0 Å². The van der Waals surface area contributed by atoms with E-state index >= 15 is 0 Å². The summed E-state index contributed by atoms with van der Waals surface area (Å²) in [7, 11) is 0. The molecule has 0 saturated carbocycles. The summed E-state index contributed by atoms with van der Waals surface area (Å²) in [4.78, 5) is 16.6. The van der Waals surface area contributed by atoms with Crippen molar-refractivity contribution in [3.05, 3.63) is 77.2 Å². The van der Waals surface area contributed by atoms with E-state index in [4.69, 9.17) is 11.6 Å². The van der Waals surface area contributed by atoms with Crippen LogP contribution in [0.15, 0.2) is 60.8 Å². The molecule has 0 aliphatic carbocycles. The number of phenols is 1. The van der Waals surface area contributed by atoms with Crippen LogP contribution in [-0.2, 0) is 0 Å². The van der Waals surface area contributed by atoms with Crippen LogP contribution in [0.3, 0.4) is 0 Å². The fourth-order valence-corrected chi connectivity index (χ4v) is 2.44. The van der Waals surface area contributed by atoms with Crippen molar-refractivity contribution in [3.63, 3.8) is 0 Å². The van der Waals surface area contributed by atoms with Gasteiger partial charge in [0.2, 0.25) is 0 Å². The van der Waals surface area contributed by atoms with Crippen molar-refractivity contribution in [3.8, 4) is 5.75 Å². The number of pyridine rings is 1. The molecule has 25 heavy (non-hydrogen) atoms. The molecule has 2 aromatic carbocycles. The van der Waals surface area contributed by atoms with E-state index in [2.05, 4.69) is 15.6 Å². The Morgan fingerprint density at radius 1 is 1.08 bits per heavy atom. The average molecular weight is 358 g/mol. The van der Waals surface area contributed by atoms with Crippen LogP contribution in [-0.4, -0.2) is 16.0 Å². The van der Waals surface area contributed by atoms with E-state index in [1.54, 1.807) is 30.5 Å². The van der Waals surface area contributed by atoms with Crippen molar-refractivity contribution in [1.82, 2.24) is 4.98 Å². The molecule has 0 saturated heterocycles. The normalized spacial score (nSPS) is 10.3. The molecule has 0 aliphatic rings. The molecule has 0 spiro atoms. The number of aromatic nitrogens is 1. The molecule has 0 fully saturated rings. The number of anilines is 3. The second-order valence-electron chi connectivity index (χ2n) is 5.12. The minimum atomic E-state index is -0.707. The van der Waals surface area contributed by atoms with Gasteiger partial charge in [0.15, 0.2) is 5.82 Å². The van der Waals surface area contributed by atoms with Crippen molar-refractivity contribution in [2.45, 2.75) is 0 Å². The SMILES string of the molecule is O=C(Nc1cccnc1Nc1ccc(O)cc1)c1c(F)cccc1Cl. The highest BCUT2D eigenvalue weighted by molar-refractivity contribution is 6.34. The quantitative estimate of drug-likeness (QED) is 0.598. The molecule has 0 unspecified atom stereocenters. The van der Waals surface area contributed by atoms with Gasteiger partial charge in [0.1, 0.15) is 11.6 Å². The van der Waals surface area contributed by atoms with E-state index in [-0.39, 0.29) is 16.3 Å². The van der Waals surface area contributed by atoms with Crippen LogP contribution in [0.2, 0.25) is 5.02 Å². The average Bonchev–Trinajstić information content (AvgIpc) is 2.58. The Hall–Kier alpha value is -3.12.